The number of hydrogen-bond acceptors (Lipinski definition) is 4. The maximum Gasteiger partial charge on any atom is 0.147 e. The molecule has 0 aromatic heterocycles. The molecule has 0 bridgehead atoms. The van der Waals surface area contributed by atoms with E-state index in [-0.39, 0.29) is 18.3 Å². The Hall–Kier alpha value is -0.600. The number of aliphatic hydroxyl groups is 1. The van der Waals surface area contributed by atoms with Crippen LogP contribution in [-0.4, -0.2) is 32.1 Å². The third-order valence-corrected chi connectivity index (χ3v) is 3.25. The Bertz CT molecular complexity index is 316. The zero-order valence-corrected chi connectivity index (χ0v) is 7.63. The van der Waals surface area contributed by atoms with Crippen LogP contribution in [0.25, 0.3) is 0 Å². The molecule has 2 atom stereocenters. The molecule has 0 aliphatic heterocycles. The number of aliphatic hydroxyl groups excluding tert-OH is 1. The second-order valence-electron chi connectivity index (χ2n) is 3.42. The average molecular weight is 189 g/mol. The summed E-state index contributed by atoms with van der Waals surface area (Å²) in [5.74, 6) is -0.149. The fraction of sp³-hybridized carbons (Fsp3) is 0.857. The highest BCUT2D eigenvalue weighted by molar-refractivity contribution is 7.90. The Morgan fingerprint density at radius 3 is 2.58 bits per heavy atom. The predicted octanol–water partition coefficient (Wildman–Crippen LogP) is -0.447. The van der Waals surface area contributed by atoms with Gasteiger partial charge in [-0.15, -0.1) is 0 Å². The van der Waals surface area contributed by atoms with E-state index in [0.717, 1.165) is 6.26 Å². The Balaban J connectivity index is 2.59. The van der Waals surface area contributed by atoms with Gasteiger partial charge in [0, 0.05) is 6.26 Å². The molecule has 68 valence electrons. The molecule has 0 amide bonds. The van der Waals surface area contributed by atoms with E-state index in [1.807, 2.05) is 6.07 Å². The normalized spacial score (nSPS) is 34.2. The van der Waals surface area contributed by atoms with Crippen molar-refractivity contribution in [3.8, 4) is 6.07 Å². The topological polar surface area (TPSA) is 78.2 Å². The van der Waals surface area contributed by atoms with Crippen LogP contribution < -0.4 is 0 Å². The van der Waals surface area contributed by atoms with Crippen molar-refractivity contribution >= 4 is 9.84 Å². The summed E-state index contributed by atoms with van der Waals surface area (Å²) >= 11 is 0. The minimum atomic E-state index is -3.01. The molecule has 4 nitrogen and oxygen atoms in total. The van der Waals surface area contributed by atoms with Crippen molar-refractivity contribution in [1.82, 2.24) is 0 Å². The van der Waals surface area contributed by atoms with Crippen molar-refractivity contribution in [2.24, 2.45) is 11.3 Å². The van der Waals surface area contributed by atoms with E-state index in [2.05, 4.69) is 0 Å². The second-order valence-corrected chi connectivity index (χ2v) is 5.60. The molecule has 12 heavy (non-hydrogen) atoms. The SMILES string of the molecule is CS(=O)(=O)C[C@H]1C[C@@]1(C#N)CO. The number of nitriles is 1. The molecule has 0 aromatic rings. The molecule has 1 rings (SSSR count). The summed E-state index contributed by atoms with van der Waals surface area (Å²) in [6.45, 7) is -0.232. The van der Waals surface area contributed by atoms with Gasteiger partial charge in [0.15, 0.2) is 0 Å². The molecule has 1 saturated carbocycles. The fourth-order valence-electron chi connectivity index (χ4n) is 1.33. The van der Waals surface area contributed by atoms with Crippen molar-refractivity contribution in [2.45, 2.75) is 6.42 Å². The number of nitrogens with zero attached hydrogens (tertiary/aromatic N) is 1. The van der Waals surface area contributed by atoms with Crippen molar-refractivity contribution in [3.63, 3.8) is 0 Å². The quantitative estimate of drug-likeness (QED) is 0.652. The first-order valence-corrected chi connectivity index (χ1v) is 5.69. The molecule has 0 heterocycles. The number of sulfone groups is 1. The van der Waals surface area contributed by atoms with Gasteiger partial charge >= 0.3 is 0 Å². The molecule has 0 spiro atoms. The average Bonchev–Trinajstić information content (AvgIpc) is 2.60. The van der Waals surface area contributed by atoms with E-state index < -0.39 is 15.3 Å². The molecule has 5 heteroatoms. The maximum atomic E-state index is 10.8. The van der Waals surface area contributed by atoms with Crippen LogP contribution >= 0.6 is 0 Å². The summed E-state index contributed by atoms with van der Waals surface area (Å²) in [6.07, 6.45) is 1.65. The van der Waals surface area contributed by atoms with Crippen LogP contribution in [0, 0.1) is 22.7 Å². The van der Waals surface area contributed by atoms with Crippen LogP contribution in [0.5, 0.6) is 0 Å². The molecule has 0 radical (unpaired) electrons. The van der Waals surface area contributed by atoms with Gasteiger partial charge in [0.1, 0.15) is 9.84 Å². The smallest absolute Gasteiger partial charge is 0.147 e. The number of hydrogen-bond donors (Lipinski definition) is 1. The van der Waals surface area contributed by atoms with Crippen molar-refractivity contribution in [3.05, 3.63) is 0 Å². The summed E-state index contributed by atoms with van der Waals surface area (Å²) < 4.78 is 21.6. The monoisotopic (exact) mass is 189 g/mol. The van der Waals surface area contributed by atoms with Gasteiger partial charge in [0.25, 0.3) is 0 Å². The van der Waals surface area contributed by atoms with Gasteiger partial charge in [-0.25, -0.2) is 8.42 Å². The van der Waals surface area contributed by atoms with E-state index in [0.29, 0.717) is 6.42 Å². The maximum absolute atomic E-state index is 10.8. The molecular weight excluding hydrogens is 178 g/mol. The van der Waals surface area contributed by atoms with Crippen LogP contribution in [0.2, 0.25) is 0 Å². The summed E-state index contributed by atoms with van der Waals surface area (Å²) in [7, 11) is -3.01. The van der Waals surface area contributed by atoms with Gasteiger partial charge in [0.05, 0.1) is 23.8 Å². The lowest BCUT2D eigenvalue weighted by Gasteiger charge is -2.01. The van der Waals surface area contributed by atoms with Gasteiger partial charge < -0.3 is 5.11 Å². The van der Waals surface area contributed by atoms with E-state index in [4.69, 9.17) is 10.4 Å². The zero-order chi connectivity index (χ0) is 9.41. The predicted molar refractivity (Wildman–Crippen MR) is 42.9 cm³/mol. The molecule has 0 aromatic carbocycles. The number of rotatable bonds is 3. The van der Waals surface area contributed by atoms with Crippen LogP contribution in [0.15, 0.2) is 0 Å². The van der Waals surface area contributed by atoms with Crippen molar-refractivity contribution in [1.29, 1.82) is 5.26 Å². The lowest BCUT2D eigenvalue weighted by molar-refractivity contribution is 0.237. The van der Waals surface area contributed by atoms with Gasteiger partial charge in [-0.2, -0.15) is 5.26 Å². The third-order valence-electron chi connectivity index (χ3n) is 2.24. The minimum Gasteiger partial charge on any atom is -0.395 e. The Morgan fingerprint density at radius 1 is 1.75 bits per heavy atom. The van der Waals surface area contributed by atoms with Crippen LogP contribution in [0.4, 0.5) is 0 Å². The van der Waals surface area contributed by atoms with Crippen molar-refractivity contribution in [2.75, 3.05) is 18.6 Å². The van der Waals surface area contributed by atoms with E-state index in [1.54, 1.807) is 0 Å². The van der Waals surface area contributed by atoms with Crippen LogP contribution in [0.3, 0.4) is 0 Å². The van der Waals surface area contributed by atoms with E-state index in [1.165, 1.54) is 0 Å². The third kappa shape index (κ3) is 1.76. The first kappa shape index (κ1) is 9.49. The Morgan fingerprint density at radius 2 is 2.33 bits per heavy atom. The second kappa shape index (κ2) is 2.71. The molecule has 1 fully saturated rings. The molecule has 0 unspecified atom stereocenters. The lowest BCUT2D eigenvalue weighted by Crippen LogP contribution is -2.13. The summed E-state index contributed by atoms with van der Waals surface area (Å²) in [4.78, 5) is 0. The Labute approximate surface area is 71.7 Å². The van der Waals surface area contributed by atoms with Crippen LogP contribution in [0.1, 0.15) is 6.42 Å². The van der Waals surface area contributed by atoms with Gasteiger partial charge in [-0.3, -0.25) is 0 Å². The summed E-state index contributed by atoms with van der Waals surface area (Å²) in [6, 6.07) is 1.96. The highest BCUT2D eigenvalue weighted by Gasteiger charge is 2.55. The molecule has 1 N–H and O–H groups in total. The lowest BCUT2D eigenvalue weighted by atomic mass is 10.1. The molecule has 1 aliphatic rings. The first-order valence-electron chi connectivity index (χ1n) is 3.63. The molecule has 0 saturated heterocycles. The van der Waals surface area contributed by atoms with Crippen molar-refractivity contribution < 1.29 is 13.5 Å². The van der Waals surface area contributed by atoms with Gasteiger partial charge in [0.2, 0.25) is 0 Å². The first-order chi connectivity index (χ1) is 5.43. The molecular formula is C7H11NO3S. The van der Waals surface area contributed by atoms with E-state index in [9.17, 15) is 8.42 Å². The zero-order valence-electron chi connectivity index (χ0n) is 6.82. The highest BCUT2D eigenvalue weighted by atomic mass is 32.2. The van der Waals surface area contributed by atoms with Gasteiger partial charge in [-0.1, -0.05) is 0 Å². The van der Waals surface area contributed by atoms with Gasteiger partial charge in [-0.05, 0) is 12.3 Å². The Kier molecular flexibility index (Phi) is 2.15. The van der Waals surface area contributed by atoms with Crippen LogP contribution in [-0.2, 0) is 9.84 Å². The van der Waals surface area contributed by atoms with E-state index >= 15 is 0 Å². The summed E-state index contributed by atoms with van der Waals surface area (Å²) in [5.41, 5.74) is -0.761. The minimum absolute atomic E-state index is 0.0150. The molecule has 1 aliphatic carbocycles. The standard InChI is InChI=1S/C7H11NO3S/c1-12(10,11)3-6-2-7(6,4-8)5-9/h6,9H,2-3,5H2,1H3/t6-,7-/m1/s1. The highest BCUT2D eigenvalue weighted by Crippen LogP contribution is 2.52. The fourth-order valence-corrected chi connectivity index (χ4v) is 2.50. The summed E-state index contributed by atoms with van der Waals surface area (Å²) in [5, 5.41) is 17.4. The largest absolute Gasteiger partial charge is 0.395 e.